The Morgan fingerprint density at radius 2 is 1.00 bits per heavy atom. The summed E-state index contributed by atoms with van der Waals surface area (Å²) in [5.41, 5.74) is -0.0185. The first kappa shape index (κ1) is 23.6. The Morgan fingerprint density at radius 3 is 1.17 bits per heavy atom. The van der Waals surface area contributed by atoms with Gasteiger partial charge in [0.15, 0.2) is 0 Å². The maximum atomic E-state index is 10.6. The fourth-order valence-corrected chi connectivity index (χ4v) is 1.50. The Morgan fingerprint density at radius 1 is 0.708 bits per heavy atom. The van der Waals surface area contributed by atoms with Gasteiger partial charge in [-0.15, -0.1) is 0 Å². The van der Waals surface area contributed by atoms with Crippen LogP contribution in [0.1, 0.15) is 40.5 Å². The minimum atomic E-state index is -1.14. The topological polar surface area (TPSA) is 127 Å². The van der Waals surface area contributed by atoms with Crippen LogP contribution in [0.3, 0.4) is 0 Å². The number of rotatable bonds is 8. The van der Waals surface area contributed by atoms with E-state index in [2.05, 4.69) is 9.47 Å². The number of hydrogen-bond acceptors (Lipinski definition) is 6. The van der Waals surface area contributed by atoms with Crippen LogP contribution in [0.25, 0.3) is 0 Å². The summed E-state index contributed by atoms with van der Waals surface area (Å²) in [6, 6.07) is 0. The second-order valence-electron chi connectivity index (χ2n) is 4.11. The average molecular weight is 344 g/mol. The van der Waals surface area contributed by atoms with Crippen molar-refractivity contribution in [3.63, 3.8) is 0 Å². The van der Waals surface area contributed by atoms with Gasteiger partial charge in [0.05, 0.1) is 13.2 Å². The molecule has 0 aromatic heterocycles. The van der Waals surface area contributed by atoms with Crippen molar-refractivity contribution >= 4 is 23.9 Å². The monoisotopic (exact) mass is 344 g/mol. The van der Waals surface area contributed by atoms with Crippen LogP contribution in [-0.4, -0.2) is 47.3 Å². The number of carbonyl (C=O) groups excluding carboxylic acids is 2. The van der Waals surface area contributed by atoms with Gasteiger partial charge < -0.3 is 19.7 Å². The normalized spacial score (nSPS) is 11.0. The predicted molar refractivity (Wildman–Crippen MR) is 85.3 cm³/mol. The van der Waals surface area contributed by atoms with Crippen LogP contribution >= 0.6 is 0 Å². The highest BCUT2D eigenvalue weighted by atomic mass is 16.5. The van der Waals surface area contributed by atoms with E-state index in [0.717, 1.165) is 12.2 Å². The Labute approximate surface area is 140 Å². The van der Waals surface area contributed by atoms with E-state index in [0.29, 0.717) is 13.2 Å². The molecule has 0 radical (unpaired) electrons. The molecule has 0 aromatic rings. The summed E-state index contributed by atoms with van der Waals surface area (Å²) in [6.45, 7) is 7.23. The van der Waals surface area contributed by atoms with Gasteiger partial charge in [0.1, 0.15) is 0 Å². The average Bonchev–Trinajstić information content (AvgIpc) is 2.51. The minimum absolute atomic E-state index is 0.00926. The van der Waals surface area contributed by atoms with Gasteiger partial charge in [0, 0.05) is 23.3 Å². The van der Waals surface area contributed by atoms with E-state index in [9.17, 15) is 19.2 Å². The Bertz CT molecular complexity index is 458. The fraction of sp³-hybridized carbons (Fsp3) is 0.500. The zero-order valence-electron chi connectivity index (χ0n) is 14.3. The molecular weight excluding hydrogens is 320 g/mol. The fourth-order valence-electron chi connectivity index (χ4n) is 1.50. The summed E-state index contributed by atoms with van der Waals surface area (Å²) >= 11 is 0. The Balaban J connectivity index is 0. The second kappa shape index (κ2) is 14.0. The van der Waals surface area contributed by atoms with E-state index >= 15 is 0 Å². The van der Waals surface area contributed by atoms with Gasteiger partial charge in [0.2, 0.25) is 0 Å². The first-order valence-electron chi connectivity index (χ1n) is 7.45. The standard InChI is InChI=1S/2C8H12O4/c1-3-11-7(9)5-6-8(10)12-4-2;1-3-5(7(9)10)6(4-2)8(11)12/h5-6H,3-4H2,1-2H3;3-4H2,1-2H3,(H,9,10)(H,11,12). The molecule has 136 valence electrons. The molecule has 0 aliphatic carbocycles. The van der Waals surface area contributed by atoms with Crippen LogP contribution in [0.5, 0.6) is 0 Å². The minimum Gasteiger partial charge on any atom is -0.478 e. The highest BCUT2D eigenvalue weighted by Crippen LogP contribution is 2.12. The van der Waals surface area contributed by atoms with E-state index in [4.69, 9.17) is 10.2 Å². The summed E-state index contributed by atoms with van der Waals surface area (Å²) in [5.74, 6) is -3.36. The maximum absolute atomic E-state index is 10.6. The van der Waals surface area contributed by atoms with Gasteiger partial charge in [-0.05, 0) is 26.7 Å². The summed E-state index contributed by atoms with van der Waals surface area (Å²) < 4.78 is 9.07. The number of ether oxygens (including phenoxy) is 2. The van der Waals surface area contributed by atoms with E-state index in [1.54, 1.807) is 27.7 Å². The van der Waals surface area contributed by atoms with Crippen molar-refractivity contribution in [2.75, 3.05) is 13.2 Å². The number of hydrogen-bond donors (Lipinski definition) is 2. The first-order valence-corrected chi connectivity index (χ1v) is 7.45. The molecular formula is C16H24O8. The van der Waals surface area contributed by atoms with Crippen LogP contribution in [-0.2, 0) is 28.7 Å². The molecule has 0 fully saturated rings. The third-order valence-electron chi connectivity index (χ3n) is 2.52. The van der Waals surface area contributed by atoms with Gasteiger partial charge in [-0.1, -0.05) is 13.8 Å². The van der Waals surface area contributed by atoms with E-state index in [1.807, 2.05) is 0 Å². The zero-order chi connectivity index (χ0) is 19.1. The van der Waals surface area contributed by atoms with Gasteiger partial charge in [-0.3, -0.25) is 0 Å². The van der Waals surface area contributed by atoms with E-state index < -0.39 is 23.9 Å². The smallest absolute Gasteiger partial charge is 0.332 e. The van der Waals surface area contributed by atoms with Gasteiger partial charge >= 0.3 is 23.9 Å². The molecule has 0 aromatic carbocycles. The van der Waals surface area contributed by atoms with Gasteiger partial charge in [0.25, 0.3) is 0 Å². The van der Waals surface area contributed by atoms with E-state index in [1.165, 1.54) is 0 Å². The quantitative estimate of drug-likeness (QED) is 0.505. The van der Waals surface area contributed by atoms with Crippen LogP contribution in [0.2, 0.25) is 0 Å². The highest BCUT2D eigenvalue weighted by Gasteiger charge is 2.16. The number of aliphatic carboxylic acids is 2. The molecule has 0 aliphatic heterocycles. The lowest BCUT2D eigenvalue weighted by Gasteiger charge is -2.03. The summed E-state index contributed by atoms with van der Waals surface area (Å²) in [5, 5.41) is 17.2. The number of esters is 2. The zero-order valence-corrected chi connectivity index (χ0v) is 14.3. The lowest BCUT2D eigenvalue weighted by Crippen LogP contribution is -2.10. The summed E-state index contributed by atoms with van der Waals surface area (Å²) in [4.78, 5) is 42.3. The molecule has 0 heterocycles. The van der Waals surface area contributed by atoms with Gasteiger partial charge in [-0.25, -0.2) is 19.2 Å². The number of carboxylic acids is 2. The predicted octanol–water partition coefficient (Wildman–Crippen LogP) is 1.94. The SMILES string of the molecule is CCC(C(=O)O)=C(CC)C(=O)O.CCOC(=O)C=CC(=O)OCC. The number of carboxylic acid groups (broad SMARTS) is 2. The largest absolute Gasteiger partial charge is 0.478 e. The third-order valence-corrected chi connectivity index (χ3v) is 2.52. The molecule has 8 nitrogen and oxygen atoms in total. The van der Waals surface area contributed by atoms with Crippen molar-refractivity contribution in [1.29, 1.82) is 0 Å². The molecule has 8 heteroatoms. The summed E-state index contributed by atoms with van der Waals surface area (Å²) in [6.07, 6.45) is 2.57. The van der Waals surface area contributed by atoms with Crippen LogP contribution in [0.15, 0.2) is 23.3 Å². The molecule has 0 unspecified atom stereocenters. The second-order valence-corrected chi connectivity index (χ2v) is 4.11. The van der Waals surface area contributed by atoms with Crippen molar-refractivity contribution in [1.82, 2.24) is 0 Å². The van der Waals surface area contributed by atoms with Crippen LogP contribution < -0.4 is 0 Å². The number of carbonyl (C=O) groups is 4. The van der Waals surface area contributed by atoms with Gasteiger partial charge in [-0.2, -0.15) is 0 Å². The molecule has 24 heavy (non-hydrogen) atoms. The maximum Gasteiger partial charge on any atom is 0.332 e. The molecule has 0 saturated carbocycles. The van der Waals surface area contributed by atoms with Crippen LogP contribution in [0.4, 0.5) is 0 Å². The molecule has 0 rings (SSSR count). The van der Waals surface area contributed by atoms with Crippen molar-refractivity contribution < 1.29 is 38.9 Å². The molecule has 2 N–H and O–H groups in total. The van der Waals surface area contributed by atoms with Crippen molar-refractivity contribution in [2.45, 2.75) is 40.5 Å². The lowest BCUT2D eigenvalue weighted by atomic mass is 10.0. The highest BCUT2D eigenvalue weighted by molar-refractivity contribution is 5.98. The summed E-state index contributed by atoms with van der Waals surface area (Å²) in [7, 11) is 0. The molecule has 0 spiro atoms. The molecule has 0 amide bonds. The van der Waals surface area contributed by atoms with Crippen molar-refractivity contribution in [3.8, 4) is 0 Å². The first-order chi connectivity index (χ1) is 11.2. The Kier molecular flexibility index (Phi) is 13.8. The molecule has 0 aliphatic rings. The van der Waals surface area contributed by atoms with Crippen molar-refractivity contribution in [2.24, 2.45) is 0 Å². The molecule has 0 bridgehead atoms. The lowest BCUT2D eigenvalue weighted by molar-refractivity contribution is -0.140. The molecule has 0 atom stereocenters. The van der Waals surface area contributed by atoms with Crippen LogP contribution in [0, 0.1) is 0 Å². The Hall–Kier alpha value is -2.64. The molecule has 0 saturated heterocycles. The third kappa shape index (κ3) is 11.0. The van der Waals surface area contributed by atoms with E-state index in [-0.39, 0.29) is 24.0 Å². The van der Waals surface area contributed by atoms with Crippen molar-refractivity contribution in [3.05, 3.63) is 23.3 Å².